The maximum Gasteiger partial charge on any atom is 0.231 e. The number of hydrogen-bond acceptors (Lipinski definition) is 13. The van der Waals surface area contributed by atoms with E-state index in [4.69, 9.17) is 40.1 Å². The molecule has 0 unspecified atom stereocenters. The molecule has 0 atom stereocenters. The molecule has 0 aliphatic carbocycles. The van der Waals surface area contributed by atoms with Crippen LogP contribution >= 0.6 is 23.5 Å². The molecular formula is C40H34N10O4S2. The molecule has 6 heterocycles. The predicted octanol–water partition coefficient (Wildman–Crippen LogP) is 6.89. The molecule has 0 amide bonds. The van der Waals surface area contributed by atoms with E-state index in [2.05, 4.69) is 48.8 Å². The molecule has 4 aromatic carbocycles. The molecule has 0 saturated heterocycles. The van der Waals surface area contributed by atoms with Crippen LogP contribution in [0.5, 0.6) is 23.0 Å². The fraction of sp³-hybridized carbons (Fsp3) is 0.150. The summed E-state index contributed by atoms with van der Waals surface area (Å²) in [6.07, 6.45) is 4.90. The first-order valence-corrected chi connectivity index (χ1v) is 19.4. The normalized spacial score (nSPS) is 12.6. The van der Waals surface area contributed by atoms with Gasteiger partial charge in [0.15, 0.2) is 61.4 Å². The van der Waals surface area contributed by atoms with E-state index in [1.807, 2.05) is 77.4 Å². The number of nitrogens with two attached hydrogens (primary N) is 1. The Kier molecular flexibility index (Phi) is 9.86. The highest BCUT2D eigenvalue weighted by Crippen LogP contribution is 2.39. The van der Waals surface area contributed by atoms with Crippen LogP contribution in [0.15, 0.2) is 130 Å². The Morgan fingerprint density at radius 2 is 1.30 bits per heavy atom. The number of nitrogens with one attached hydrogen (secondary N) is 2. The average molecular weight is 783 g/mol. The molecule has 14 nitrogen and oxygen atoms in total. The van der Waals surface area contributed by atoms with Gasteiger partial charge < -0.3 is 38.8 Å². The van der Waals surface area contributed by atoms with E-state index in [1.165, 1.54) is 29.2 Å². The lowest BCUT2D eigenvalue weighted by atomic mass is 10.1. The van der Waals surface area contributed by atoms with Crippen molar-refractivity contribution in [2.24, 2.45) is 0 Å². The highest BCUT2D eigenvalue weighted by molar-refractivity contribution is 7.99. The van der Waals surface area contributed by atoms with Gasteiger partial charge in [0.2, 0.25) is 13.6 Å². The Hall–Kier alpha value is -6.52. The Balaban J connectivity index is 0.000000146. The fourth-order valence-corrected chi connectivity index (χ4v) is 8.01. The SMILES string of the molecule is N=c1ncn(CCc2ccccc2)c2nc(Sc3ccc4c(c3)OCO4)[nH]c12.Nc1ncnc2c1nc(Sc1ccc3c(c1)OCO3)n2CCc1ccccc1. The third kappa shape index (κ3) is 7.56. The zero-order valence-electron chi connectivity index (χ0n) is 29.8. The number of benzene rings is 4. The number of nitrogens with zero attached hydrogens (tertiary/aromatic N) is 7. The molecule has 0 fully saturated rings. The first kappa shape index (κ1) is 35.2. The summed E-state index contributed by atoms with van der Waals surface area (Å²) < 4.78 is 25.7. The van der Waals surface area contributed by atoms with Gasteiger partial charge in [-0.1, -0.05) is 84.2 Å². The zero-order chi connectivity index (χ0) is 37.8. The van der Waals surface area contributed by atoms with E-state index in [0.717, 1.165) is 75.2 Å². The molecule has 2 aliphatic heterocycles. The number of aromatic amines is 1. The summed E-state index contributed by atoms with van der Waals surface area (Å²) in [5, 5.41) is 9.64. The molecule has 4 aromatic heterocycles. The molecule has 0 bridgehead atoms. The lowest BCUT2D eigenvalue weighted by Crippen LogP contribution is -2.13. The molecule has 0 radical (unpaired) electrons. The summed E-state index contributed by atoms with van der Waals surface area (Å²) in [6.45, 7) is 1.99. The zero-order valence-corrected chi connectivity index (χ0v) is 31.4. The van der Waals surface area contributed by atoms with Gasteiger partial charge in [0.1, 0.15) is 11.8 Å². The summed E-state index contributed by atoms with van der Waals surface area (Å²) in [5.41, 5.74) is 11.5. The van der Waals surface area contributed by atoms with Crippen LogP contribution in [0.3, 0.4) is 0 Å². The van der Waals surface area contributed by atoms with Crippen molar-refractivity contribution in [3.05, 3.63) is 126 Å². The Morgan fingerprint density at radius 3 is 1.98 bits per heavy atom. The highest BCUT2D eigenvalue weighted by atomic mass is 32.2. The van der Waals surface area contributed by atoms with Crippen LogP contribution in [0, 0.1) is 5.41 Å². The summed E-state index contributed by atoms with van der Waals surface area (Å²) >= 11 is 3.03. The first-order chi connectivity index (χ1) is 27.5. The minimum absolute atomic E-state index is 0.191. The number of rotatable bonds is 10. The summed E-state index contributed by atoms with van der Waals surface area (Å²) in [5.74, 6) is 3.39. The molecule has 16 heteroatoms. The first-order valence-electron chi connectivity index (χ1n) is 17.7. The van der Waals surface area contributed by atoms with Crippen LogP contribution < -0.4 is 30.2 Å². The van der Waals surface area contributed by atoms with Crippen LogP contribution in [0.25, 0.3) is 22.3 Å². The van der Waals surface area contributed by atoms with E-state index in [-0.39, 0.29) is 19.1 Å². The average Bonchev–Trinajstić information content (AvgIpc) is 4.05. The van der Waals surface area contributed by atoms with Gasteiger partial charge in [-0.05, 0) is 60.4 Å². The van der Waals surface area contributed by atoms with Crippen LogP contribution in [0.1, 0.15) is 11.1 Å². The van der Waals surface area contributed by atoms with E-state index >= 15 is 0 Å². The molecular weight excluding hydrogens is 749 g/mol. The topological polar surface area (TPSA) is 177 Å². The number of anilines is 1. The number of fused-ring (bicyclic) bond motifs is 4. The van der Waals surface area contributed by atoms with Crippen molar-refractivity contribution in [2.45, 2.75) is 46.0 Å². The molecule has 4 N–H and O–H groups in total. The van der Waals surface area contributed by atoms with E-state index < -0.39 is 0 Å². The molecule has 0 saturated carbocycles. The van der Waals surface area contributed by atoms with Gasteiger partial charge in [-0.2, -0.15) is 0 Å². The van der Waals surface area contributed by atoms with Crippen molar-refractivity contribution >= 4 is 51.7 Å². The molecule has 2 aliphatic rings. The van der Waals surface area contributed by atoms with Crippen molar-refractivity contribution in [2.75, 3.05) is 19.3 Å². The Bertz CT molecular complexity index is 2720. The second-order valence-electron chi connectivity index (χ2n) is 12.7. The standard InChI is InChI=1S/2C20H17N5O2S/c21-18-17-19(25(11-22-18)9-8-13-4-2-1-3-5-13)24-20(23-17)28-14-6-7-15-16(10-14)27-12-26-15;21-18-17-19(23-11-22-18)25(9-8-13-4-2-1-3-5-13)20(24-17)28-14-6-7-15-16(10-14)27-12-26-15/h1-7,10-11,21H,8-9,12H2,(H,23,24);1-7,10-11H,8-9,12H2,(H2,21,22,23). The van der Waals surface area contributed by atoms with E-state index in [9.17, 15) is 0 Å². The maximum absolute atomic E-state index is 8.11. The van der Waals surface area contributed by atoms with Crippen molar-refractivity contribution in [3.63, 3.8) is 0 Å². The van der Waals surface area contributed by atoms with Gasteiger partial charge >= 0.3 is 0 Å². The van der Waals surface area contributed by atoms with Gasteiger partial charge in [-0.25, -0.2) is 24.9 Å². The fourth-order valence-electron chi connectivity index (χ4n) is 6.27. The van der Waals surface area contributed by atoms with Gasteiger partial charge in [0.05, 0.1) is 6.33 Å². The van der Waals surface area contributed by atoms with Crippen molar-refractivity contribution in [1.82, 2.24) is 39.0 Å². The summed E-state index contributed by atoms with van der Waals surface area (Å²) in [4.78, 5) is 27.4. The van der Waals surface area contributed by atoms with E-state index in [0.29, 0.717) is 22.0 Å². The second-order valence-corrected chi connectivity index (χ2v) is 14.8. The van der Waals surface area contributed by atoms with Crippen LogP contribution in [0.4, 0.5) is 5.82 Å². The van der Waals surface area contributed by atoms with Gasteiger partial charge in [0.25, 0.3) is 0 Å². The quantitative estimate of drug-likeness (QED) is 0.131. The lowest BCUT2D eigenvalue weighted by Gasteiger charge is -2.09. The summed E-state index contributed by atoms with van der Waals surface area (Å²) in [7, 11) is 0. The second kappa shape index (κ2) is 15.7. The third-order valence-electron chi connectivity index (χ3n) is 9.09. The van der Waals surface area contributed by atoms with Gasteiger partial charge in [-0.3, -0.25) is 5.41 Å². The predicted molar refractivity (Wildman–Crippen MR) is 211 cm³/mol. The van der Waals surface area contributed by atoms with Crippen LogP contribution in [-0.4, -0.2) is 52.6 Å². The summed E-state index contributed by atoms with van der Waals surface area (Å²) in [6, 6.07) is 32.3. The highest BCUT2D eigenvalue weighted by Gasteiger charge is 2.19. The number of hydrogen-bond donors (Lipinski definition) is 3. The molecule has 10 rings (SSSR count). The number of aromatic nitrogens is 8. The Morgan fingerprint density at radius 1 is 0.679 bits per heavy atom. The number of ether oxygens (including phenoxy) is 4. The minimum Gasteiger partial charge on any atom is -0.454 e. The molecule has 0 spiro atoms. The van der Waals surface area contributed by atoms with Crippen molar-refractivity contribution in [1.29, 1.82) is 5.41 Å². The van der Waals surface area contributed by atoms with E-state index in [1.54, 1.807) is 18.1 Å². The Labute approximate surface area is 328 Å². The third-order valence-corrected chi connectivity index (χ3v) is 10.9. The lowest BCUT2D eigenvalue weighted by molar-refractivity contribution is 0.173. The smallest absolute Gasteiger partial charge is 0.231 e. The number of H-pyrrole nitrogens is 1. The number of aryl methyl sites for hydroxylation is 4. The van der Waals surface area contributed by atoms with Crippen molar-refractivity contribution in [3.8, 4) is 23.0 Å². The van der Waals surface area contributed by atoms with Crippen LogP contribution in [0.2, 0.25) is 0 Å². The van der Waals surface area contributed by atoms with Gasteiger partial charge in [-0.15, -0.1) is 0 Å². The van der Waals surface area contributed by atoms with Crippen LogP contribution in [-0.2, 0) is 25.9 Å². The molecule has 8 aromatic rings. The maximum atomic E-state index is 8.11. The monoisotopic (exact) mass is 782 g/mol. The van der Waals surface area contributed by atoms with Crippen molar-refractivity contribution < 1.29 is 18.9 Å². The molecule has 280 valence electrons. The number of imidazole rings is 2. The minimum atomic E-state index is 0.191. The largest absolute Gasteiger partial charge is 0.454 e. The molecule has 56 heavy (non-hydrogen) atoms. The number of nitrogen functional groups attached to an aromatic ring is 1. The van der Waals surface area contributed by atoms with Gasteiger partial charge in [0, 0.05) is 22.9 Å².